The molecule has 8 N–H and O–H groups in total. The number of likely N-dealkylation sites (N-methyl/N-ethyl adjacent to an activating group) is 1. The first kappa shape index (κ1) is 25.9. The van der Waals surface area contributed by atoms with Crippen LogP contribution in [0.4, 0.5) is 0 Å². The summed E-state index contributed by atoms with van der Waals surface area (Å²) in [5.41, 5.74) is 8.92. The highest BCUT2D eigenvalue weighted by atomic mass is 16.3. The van der Waals surface area contributed by atoms with Crippen molar-refractivity contribution in [2.24, 2.45) is 23.3 Å². The van der Waals surface area contributed by atoms with Gasteiger partial charge in [-0.2, -0.15) is 0 Å². The van der Waals surface area contributed by atoms with Crippen LogP contribution < -0.4 is 11.5 Å². The van der Waals surface area contributed by atoms with Gasteiger partial charge in [-0.1, -0.05) is 20.8 Å². The number of phenols is 1. The van der Waals surface area contributed by atoms with E-state index >= 15 is 0 Å². The lowest BCUT2D eigenvalue weighted by atomic mass is 9.58. The Bertz CT molecular complexity index is 1270. The number of primary amides is 1. The van der Waals surface area contributed by atoms with Crippen molar-refractivity contribution in [2.75, 3.05) is 14.1 Å². The monoisotopic (exact) mass is 499 g/mol. The molecule has 0 heterocycles. The number of Topliss-reactive ketones (excluding diaryl/α,β-unsaturated/α-hetero) is 2. The molecule has 0 bridgehead atoms. The molecule has 3 aliphatic rings. The Morgan fingerprint density at radius 2 is 1.81 bits per heavy atom. The Morgan fingerprint density at radius 1 is 1.19 bits per heavy atom. The third kappa shape index (κ3) is 3.31. The average molecular weight is 500 g/mol. The van der Waals surface area contributed by atoms with Gasteiger partial charge in [0.1, 0.15) is 22.8 Å². The number of aliphatic hydroxyl groups is 3. The summed E-state index contributed by atoms with van der Waals surface area (Å²) in [7, 11) is 3.18. The maximum Gasteiger partial charge on any atom is 0.255 e. The Morgan fingerprint density at radius 3 is 2.31 bits per heavy atom. The molecular formula is C26H33N3O7. The topological polar surface area (TPSA) is 187 Å². The van der Waals surface area contributed by atoms with E-state index in [-0.39, 0.29) is 36.3 Å². The molecule has 0 fully saturated rings. The van der Waals surface area contributed by atoms with Crippen LogP contribution in [0.5, 0.6) is 5.75 Å². The van der Waals surface area contributed by atoms with Gasteiger partial charge in [0.25, 0.3) is 5.91 Å². The number of ketones is 2. The number of aromatic hydroxyl groups is 1. The zero-order valence-electron chi connectivity index (χ0n) is 21.0. The molecule has 0 aliphatic heterocycles. The third-order valence-corrected chi connectivity index (χ3v) is 7.84. The van der Waals surface area contributed by atoms with Gasteiger partial charge in [0.05, 0.1) is 11.6 Å². The fraction of sp³-hybridized carbons (Fsp3) is 0.500. The fourth-order valence-electron chi connectivity index (χ4n) is 6.15. The van der Waals surface area contributed by atoms with Crippen molar-refractivity contribution in [3.63, 3.8) is 0 Å². The standard InChI is InChI=1S/C26H33N3O7/c1-25(2,3)14-8-11(9-27)12-6-10-7-13-18(29(4)5)21(32)17(24(28)35)23(34)26(13,36)22(33)15(10)20(31)16(12)19(14)30/h8,10,13,18,30,32-33,36H,6-7,9,27H2,1-5H3,(H2,28,35)/t10-,13-,18+,26-/m0/s1. The number of carbonyl (C=O) groups excluding carboxylic acids is 3. The van der Waals surface area contributed by atoms with E-state index in [0.29, 0.717) is 16.7 Å². The molecular weight excluding hydrogens is 466 g/mol. The van der Waals surface area contributed by atoms with Gasteiger partial charge >= 0.3 is 0 Å². The van der Waals surface area contributed by atoms with Crippen molar-refractivity contribution in [3.8, 4) is 5.75 Å². The fourth-order valence-corrected chi connectivity index (χ4v) is 6.15. The quantitative estimate of drug-likeness (QED) is 0.328. The van der Waals surface area contributed by atoms with Gasteiger partial charge < -0.3 is 31.9 Å². The van der Waals surface area contributed by atoms with Crippen molar-refractivity contribution >= 4 is 17.5 Å². The number of nitrogens with zero attached hydrogens (tertiary/aromatic N) is 1. The van der Waals surface area contributed by atoms with Gasteiger partial charge in [0.2, 0.25) is 5.78 Å². The first-order chi connectivity index (χ1) is 16.6. The van der Waals surface area contributed by atoms with E-state index in [1.165, 1.54) is 4.90 Å². The molecule has 10 nitrogen and oxygen atoms in total. The number of allylic oxidation sites excluding steroid dienone is 1. The lowest BCUT2D eigenvalue weighted by Crippen LogP contribution is -2.63. The van der Waals surface area contributed by atoms with Gasteiger partial charge in [-0.3, -0.25) is 19.3 Å². The highest BCUT2D eigenvalue weighted by Crippen LogP contribution is 2.53. The molecule has 0 radical (unpaired) electrons. The van der Waals surface area contributed by atoms with Crippen molar-refractivity contribution in [2.45, 2.75) is 57.2 Å². The van der Waals surface area contributed by atoms with E-state index < -0.39 is 63.5 Å². The number of hydrogen-bond acceptors (Lipinski definition) is 9. The van der Waals surface area contributed by atoms with Gasteiger partial charge in [0.15, 0.2) is 11.4 Å². The predicted molar refractivity (Wildman–Crippen MR) is 130 cm³/mol. The number of benzene rings is 1. The van der Waals surface area contributed by atoms with Crippen LogP contribution in [0, 0.1) is 11.8 Å². The normalized spacial score (nSPS) is 28.3. The SMILES string of the molecule is CN(C)[C@H]1C(O)=C(C(N)=O)C(=O)[C@@]2(O)C(O)=C3C(=O)c4c(O)c(C(C)(C)C)cc(CN)c4C[C@H]3C[C@@H]12. The summed E-state index contributed by atoms with van der Waals surface area (Å²) in [5.74, 6) is -6.61. The highest BCUT2D eigenvalue weighted by molar-refractivity contribution is 6.24. The Labute approximate surface area is 208 Å². The minimum atomic E-state index is -2.65. The van der Waals surface area contributed by atoms with Crippen LogP contribution in [-0.2, 0) is 28.0 Å². The second-order valence-corrected chi connectivity index (χ2v) is 11.2. The van der Waals surface area contributed by atoms with Gasteiger partial charge in [-0.15, -0.1) is 0 Å². The molecule has 0 spiro atoms. The van der Waals surface area contributed by atoms with E-state index in [4.69, 9.17) is 11.5 Å². The molecule has 1 aromatic rings. The average Bonchev–Trinajstić information content (AvgIpc) is 2.75. The highest BCUT2D eigenvalue weighted by Gasteiger charge is 2.63. The van der Waals surface area contributed by atoms with Gasteiger partial charge in [-0.25, -0.2) is 0 Å². The molecule has 0 aromatic heterocycles. The van der Waals surface area contributed by atoms with E-state index in [0.717, 1.165) is 0 Å². The van der Waals surface area contributed by atoms with Crippen LogP contribution in [0.3, 0.4) is 0 Å². The molecule has 4 rings (SSSR count). The van der Waals surface area contributed by atoms with Crippen molar-refractivity contribution in [3.05, 3.63) is 51.0 Å². The number of fused-ring (bicyclic) bond motifs is 3. The Kier molecular flexibility index (Phi) is 5.86. The minimum Gasteiger partial charge on any atom is -0.510 e. The molecule has 10 heteroatoms. The first-order valence-electron chi connectivity index (χ1n) is 11.8. The first-order valence-corrected chi connectivity index (χ1v) is 11.8. The number of amides is 1. The third-order valence-electron chi connectivity index (χ3n) is 7.84. The smallest absolute Gasteiger partial charge is 0.255 e. The molecule has 1 aromatic carbocycles. The lowest BCUT2D eigenvalue weighted by molar-refractivity contribution is -0.148. The number of aliphatic hydroxyl groups excluding tert-OH is 2. The van der Waals surface area contributed by atoms with Gasteiger partial charge in [0, 0.05) is 23.6 Å². The van der Waals surface area contributed by atoms with Crippen LogP contribution in [0.1, 0.15) is 54.2 Å². The molecule has 36 heavy (non-hydrogen) atoms. The summed E-state index contributed by atoms with van der Waals surface area (Å²) in [6, 6.07) is 0.761. The Hall–Kier alpha value is -3.21. The molecule has 4 atom stereocenters. The Balaban J connectivity index is 2.00. The molecule has 194 valence electrons. The minimum absolute atomic E-state index is 0.0105. The molecule has 1 amide bonds. The van der Waals surface area contributed by atoms with E-state index in [1.54, 1.807) is 20.2 Å². The maximum absolute atomic E-state index is 13.8. The summed E-state index contributed by atoms with van der Waals surface area (Å²) in [5, 5.41) is 45.0. The number of nitrogens with two attached hydrogens (primary N) is 2. The van der Waals surface area contributed by atoms with Crippen LogP contribution in [0.15, 0.2) is 28.7 Å². The summed E-state index contributed by atoms with van der Waals surface area (Å²) in [6.07, 6.45) is 0.261. The molecule has 0 saturated carbocycles. The largest absolute Gasteiger partial charge is 0.510 e. The van der Waals surface area contributed by atoms with E-state index in [9.17, 15) is 34.8 Å². The van der Waals surface area contributed by atoms with Crippen molar-refractivity contribution in [1.82, 2.24) is 4.90 Å². The summed E-state index contributed by atoms with van der Waals surface area (Å²) < 4.78 is 0. The van der Waals surface area contributed by atoms with Crippen LogP contribution in [0.25, 0.3) is 0 Å². The van der Waals surface area contributed by atoms with Crippen LogP contribution >= 0.6 is 0 Å². The molecule has 0 saturated heterocycles. The number of hydrogen-bond donors (Lipinski definition) is 6. The van der Waals surface area contributed by atoms with Crippen molar-refractivity contribution < 1.29 is 34.8 Å². The van der Waals surface area contributed by atoms with Crippen LogP contribution in [0.2, 0.25) is 0 Å². The second kappa shape index (κ2) is 8.16. The molecule has 0 unspecified atom stereocenters. The number of rotatable bonds is 3. The zero-order chi connectivity index (χ0) is 27.1. The summed E-state index contributed by atoms with van der Waals surface area (Å²) in [6.45, 7) is 5.75. The maximum atomic E-state index is 13.8. The predicted octanol–water partition coefficient (Wildman–Crippen LogP) is 0.877. The zero-order valence-corrected chi connectivity index (χ0v) is 21.0. The van der Waals surface area contributed by atoms with E-state index in [2.05, 4.69) is 0 Å². The molecule has 3 aliphatic carbocycles. The van der Waals surface area contributed by atoms with Gasteiger partial charge in [-0.05, 0) is 55.5 Å². The summed E-state index contributed by atoms with van der Waals surface area (Å²) in [4.78, 5) is 40.8. The second-order valence-electron chi connectivity index (χ2n) is 11.2. The lowest BCUT2D eigenvalue weighted by Gasteiger charge is -2.50. The number of phenolic OH excluding ortho intramolecular Hbond substituents is 1. The van der Waals surface area contributed by atoms with E-state index in [1.807, 2.05) is 20.8 Å². The van der Waals surface area contributed by atoms with Crippen molar-refractivity contribution in [1.29, 1.82) is 0 Å². The van der Waals surface area contributed by atoms with Crippen LogP contribution in [-0.4, -0.2) is 68.5 Å². The summed E-state index contributed by atoms with van der Waals surface area (Å²) >= 11 is 0. The number of carbonyl (C=O) groups is 3.